The van der Waals surface area contributed by atoms with Crippen LogP contribution in [0.3, 0.4) is 0 Å². The Morgan fingerprint density at radius 1 is 1.27 bits per heavy atom. The summed E-state index contributed by atoms with van der Waals surface area (Å²) in [6.07, 6.45) is 2.89. The monoisotopic (exact) mass is 303 g/mol. The molecule has 3 N–H and O–H groups in total. The molecular formula is C16H21N3O3. The summed E-state index contributed by atoms with van der Waals surface area (Å²) in [6, 6.07) is 7.33. The highest BCUT2D eigenvalue weighted by Crippen LogP contribution is 2.30. The lowest BCUT2D eigenvalue weighted by Gasteiger charge is -2.12. The van der Waals surface area contributed by atoms with Crippen molar-refractivity contribution in [1.29, 1.82) is 0 Å². The van der Waals surface area contributed by atoms with Gasteiger partial charge in [0.05, 0.1) is 0 Å². The molecule has 1 aliphatic carbocycles. The maximum absolute atomic E-state index is 11.8. The lowest BCUT2D eigenvalue weighted by Crippen LogP contribution is -2.39. The third-order valence-corrected chi connectivity index (χ3v) is 3.85. The number of benzene rings is 1. The van der Waals surface area contributed by atoms with E-state index in [1.54, 1.807) is 18.2 Å². The third-order valence-electron chi connectivity index (χ3n) is 3.85. The lowest BCUT2D eigenvalue weighted by molar-refractivity contribution is -0.123. The predicted octanol–water partition coefficient (Wildman–Crippen LogP) is 0.892. The minimum atomic E-state index is -0.124. The minimum Gasteiger partial charge on any atom is -0.484 e. The van der Waals surface area contributed by atoms with Gasteiger partial charge in [-0.25, -0.2) is 0 Å². The molecule has 0 radical (unpaired) electrons. The van der Waals surface area contributed by atoms with Crippen LogP contribution in [-0.2, 0) is 9.59 Å². The molecule has 1 aromatic rings. The first-order chi connectivity index (χ1) is 10.7. The molecular weight excluding hydrogens is 282 g/mol. The summed E-state index contributed by atoms with van der Waals surface area (Å²) < 4.78 is 5.49. The summed E-state index contributed by atoms with van der Waals surface area (Å²) in [5, 5.41) is 8.98. The van der Waals surface area contributed by atoms with E-state index in [0.717, 1.165) is 32.4 Å². The highest BCUT2D eigenvalue weighted by molar-refractivity contribution is 5.94. The molecule has 6 nitrogen and oxygen atoms in total. The van der Waals surface area contributed by atoms with Gasteiger partial charge < -0.3 is 20.7 Å². The normalized spacial score (nSPS) is 20.5. The van der Waals surface area contributed by atoms with Gasteiger partial charge in [0.25, 0.3) is 5.91 Å². The molecule has 6 heteroatoms. The summed E-state index contributed by atoms with van der Waals surface area (Å²) in [5.74, 6) is 0.674. The Bertz CT molecular complexity index is 551. The van der Waals surface area contributed by atoms with Crippen LogP contribution in [0.25, 0.3) is 0 Å². The number of amides is 2. The Balaban J connectivity index is 1.47. The molecule has 1 saturated carbocycles. The maximum atomic E-state index is 11.8. The molecule has 118 valence electrons. The quantitative estimate of drug-likeness (QED) is 0.729. The fourth-order valence-corrected chi connectivity index (χ4v) is 2.45. The molecule has 3 rings (SSSR count). The second-order valence-electron chi connectivity index (χ2n) is 5.84. The van der Waals surface area contributed by atoms with Crippen LogP contribution < -0.4 is 20.7 Å². The van der Waals surface area contributed by atoms with Gasteiger partial charge in [-0.3, -0.25) is 9.59 Å². The smallest absolute Gasteiger partial charge is 0.258 e. The molecule has 1 aliphatic heterocycles. The van der Waals surface area contributed by atoms with Crippen molar-refractivity contribution >= 4 is 17.5 Å². The fourth-order valence-electron chi connectivity index (χ4n) is 2.45. The molecule has 1 heterocycles. The first-order valence-electron chi connectivity index (χ1n) is 7.74. The van der Waals surface area contributed by atoms with Gasteiger partial charge in [0, 0.05) is 30.3 Å². The van der Waals surface area contributed by atoms with E-state index >= 15 is 0 Å². The van der Waals surface area contributed by atoms with Crippen molar-refractivity contribution < 1.29 is 14.3 Å². The SMILES string of the molecule is O=C(COc1cccc(NC(=O)C2CC2)c1)NC1CCNC1. The molecule has 1 atom stereocenters. The molecule has 2 fully saturated rings. The maximum Gasteiger partial charge on any atom is 0.258 e. The molecule has 22 heavy (non-hydrogen) atoms. The Labute approximate surface area is 129 Å². The largest absolute Gasteiger partial charge is 0.484 e. The number of hydrogen-bond acceptors (Lipinski definition) is 4. The Hall–Kier alpha value is -2.08. The molecule has 1 unspecified atom stereocenters. The highest BCUT2D eigenvalue weighted by Gasteiger charge is 2.29. The zero-order chi connectivity index (χ0) is 15.4. The van der Waals surface area contributed by atoms with E-state index in [1.165, 1.54) is 0 Å². The van der Waals surface area contributed by atoms with Gasteiger partial charge in [0.2, 0.25) is 5.91 Å². The van der Waals surface area contributed by atoms with E-state index in [0.29, 0.717) is 11.4 Å². The summed E-state index contributed by atoms with van der Waals surface area (Å²) in [4.78, 5) is 23.5. The van der Waals surface area contributed by atoms with E-state index in [4.69, 9.17) is 4.74 Å². The van der Waals surface area contributed by atoms with E-state index in [9.17, 15) is 9.59 Å². The van der Waals surface area contributed by atoms with Crippen molar-refractivity contribution in [2.45, 2.75) is 25.3 Å². The summed E-state index contributed by atoms with van der Waals surface area (Å²) in [5.41, 5.74) is 0.704. The van der Waals surface area contributed by atoms with Crippen molar-refractivity contribution in [3.8, 4) is 5.75 Å². The second kappa shape index (κ2) is 6.79. The summed E-state index contributed by atoms with van der Waals surface area (Å²) >= 11 is 0. The highest BCUT2D eigenvalue weighted by atomic mass is 16.5. The fraction of sp³-hybridized carbons (Fsp3) is 0.500. The van der Waals surface area contributed by atoms with Crippen LogP contribution in [0.2, 0.25) is 0 Å². The summed E-state index contributed by atoms with van der Waals surface area (Å²) in [7, 11) is 0. The van der Waals surface area contributed by atoms with E-state index in [2.05, 4.69) is 16.0 Å². The molecule has 0 aromatic heterocycles. The first kappa shape index (κ1) is 14.8. The van der Waals surface area contributed by atoms with Crippen LogP contribution in [0.1, 0.15) is 19.3 Å². The van der Waals surface area contributed by atoms with E-state index in [-0.39, 0.29) is 30.4 Å². The average Bonchev–Trinajstić information content (AvgIpc) is 3.25. The molecule has 2 aliphatic rings. The lowest BCUT2D eigenvalue weighted by atomic mass is 10.2. The van der Waals surface area contributed by atoms with Crippen LogP contribution in [0, 0.1) is 5.92 Å². The van der Waals surface area contributed by atoms with Gasteiger partial charge >= 0.3 is 0 Å². The topological polar surface area (TPSA) is 79.5 Å². The molecule has 0 spiro atoms. The van der Waals surface area contributed by atoms with Crippen molar-refractivity contribution in [2.24, 2.45) is 5.92 Å². The van der Waals surface area contributed by atoms with Crippen LogP contribution in [-0.4, -0.2) is 37.6 Å². The van der Waals surface area contributed by atoms with Crippen molar-refractivity contribution in [3.05, 3.63) is 24.3 Å². The molecule has 1 aromatic carbocycles. The zero-order valence-corrected chi connectivity index (χ0v) is 12.4. The number of anilines is 1. The number of rotatable bonds is 6. The molecule has 2 amide bonds. The summed E-state index contributed by atoms with van der Waals surface area (Å²) in [6.45, 7) is 1.74. The number of carbonyl (C=O) groups excluding carboxylic acids is 2. The van der Waals surface area contributed by atoms with Gasteiger partial charge in [-0.2, -0.15) is 0 Å². The minimum absolute atomic E-state index is 0.0173. The standard InChI is InChI=1S/C16H21N3O3/c20-15(18-13-6-7-17-9-13)10-22-14-3-1-2-12(8-14)19-16(21)11-4-5-11/h1-3,8,11,13,17H,4-7,9-10H2,(H,18,20)(H,19,21). The predicted molar refractivity (Wildman–Crippen MR) is 82.7 cm³/mol. The number of ether oxygens (including phenoxy) is 1. The third kappa shape index (κ3) is 4.21. The van der Waals surface area contributed by atoms with Gasteiger partial charge in [-0.15, -0.1) is 0 Å². The van der Waals surface area contributed by atoms with Crippen molar-refractivity contribution in [3.63, 3.8) is 0 Å². The van der Waals surface area contributed by atoms with Crippen LogP contribution in [0.4, 0.5) is 5.69 Å². The van der Waals surface area contributed by atoms with Gasteiger partial charge in [0.1, 0.15) is 5.75 Å². The van der Waals surface area contributed by atoms with Crippen LogP contribution in [0.5, 0.6) is 5.75 Å². The molecule has 1 saturated heterocycles. The van der Waals surface area contributed by atoms with Crippen LogP contribution in [0.15, 0.2) is 24.3 Å². The van der Waals surface area contributed by atoms with Gasteiger partial charge in [-0.1, -0.05) is 6.07 Å². The second-order valence-corrected chi connectivity index (χ2v) is 5.84. The van der Waals surface area contributed by atoms with E-state index in [1.807, 2.05) is 6.07 Å². The molecule has 0 bridgehead atoms. The number of nitrogens with one attached hydrogen (secondary N) is 3. The van der Waals surface area contributed by atoms with E-state index < -0.39 is 0 Å². The van der Waals surface area contributed by atoms with Gasteiger partial charge in [0.15, 0.2) is 6.61 Å². The van der Waals surface area contributed by atoms with Gasteiger partial charge in [-0.05, 0) is 37.9 Å². The zero-order valence-electron chi connectivity index (χ0n) is 12.4. The van der Waals surface area contributed by atoms with Crippen LogP contribution >= 0.6 is 0 Å². The first-order valence-corrected chi connectivity index (χ1v) is 7.74. The Morgan fingerprint density at radius 2 is 2.14 bits per heavy atom. The number of hydrogen-bond donors (Lipinski definition) is 3. The average molecular weight is 303 g/mol. The Morgan fingerprint density at radius 3 is 2.86 bits per heavy atom. The van der Waals surface area contributed by atoms with Crippen molar-refractivity contribution in [1.82, 2.24) is 10.6 Å². The number of carbonyl (C=O) groups is 2. The Kier molecular flexibility index (Phi) is 4.58. The van der Waals surface area contributed by atoms with Crippen molar-refractivity contribution in [2.75, 3.05) is 25.0 Å².